The van der Waals surface area contributed by atoms with Crippen LogP contribution in [0.3, 0.4) is 0 Å². The fraction of sp³-hybridized carbons (Fsp3) is 0.960. The highest BCUT2D eigenvalue weighted by Crippen LogP contribution is 2.11. The number of carboxylic acids is 1. The van der Waals surface area contributed by atoms with E-state index in [-0.39, 0.29) is 19.3 Å². The lowest BCUT2D eigenvalue weighted by molar-refractivity contribution is -0.142. The third-order valence-corrected chi connectivity index (χ3v) is 5.30. The van der Waals surface area contributed by atoms with Crippen molar-refractivity contribution in [2.75, 3.05) is 91.6 Å². The largest absolute Gasteiger partial charge is 0.480 e. The van der Waals surface area contributed by atoms with Crippen LogP contribution in [0.5, 0.6) is 0 Å². The average Bonchev–Trinajstić information content (AvgIpc) is 2.84. The molecule has 0 rings (SSSR count). The van der Waals surface area contributed by atoms with Gasteiger partial charge in [0.2, 0.25) is 0 Å². The molecule has 9 nitrogen and oxygen atoms in total. The van der Waals surface area contributed by atoms with E-state index in [0.29, 0.717) is 72.7 Å². The van der Waals surface area contributed by atoms with Gasteiger partial charge in [-0.1, -0.05) is 38.5 Å². The smallest absolute Gasteiger partial charge is 0.329 e. The quantitative estimate of drug-likeness (QED) is 0.107. The highest BCUT2D eigenvalue weighted by atomic mass is 32.1. The minimum Gasteiger partial charge on any atom is -0.480 e. The van der Waals surface area contributed by atoms with E-state index in [4.69, 9.17) is 38.3 Å². The summed E-state index contributed by atoms with van der Waals surface area (Å²) in [5, 5.41) is 8.41. The number of carboxylic acid groups (broad SMARTS) is 1. The summed E-state index contributed by atoms with van der Waals surface area (Å²) in [4.78, 5) is 10.2. The molecule has 1 N–H and O–H groups in total. The molecule has 0 aliphatic carbocycles. The Morgan fingerprint density at radius 1 is 0.600 bits per heavy atom. The van der Waals surface area contributed by atoms with Crippen LogP contribution in [0.4, 0.5) is 0 Å². The molecule has 0 radical (unpaired) electrons. The summed E-state index contributed by atoms with van der Waals surface area (Å²) in [6.45, 7) is 7.63. The lowest BCUT2D eigenvalue weighted by atomic mass is 10.1. The molecule has 0 aromatic carbocycles. The summed E-state index contributed by atoms with van der Waals surface area (Å²) >= 11 is 4.24. The molecule has 0 amide bonds. The molecule has 210 valence electrons. The van der Waals surface area contributed by atoms with E-state index < -0.39 is 5.97 Å². The molecule has 0 aliphatic heterocycles. The highest BCUT2D eigenvalue weighted by Gasteiger charge is 2.02. The van der Waals surface area contributed by atoms with E-state index in [2.05, 4.69) is 19.6 Å². The van der Waals surface area contributed by atoms with E-state index in [9.17, 15) is 4.79 Å². The molecule has 0 aromatic rings. The van der Waals surface area contributed by atoms with Crippen molar-refractivity contribution >= 4 is 18.6 Å². The van der Waals surface area contributed by atoms with Crippen LogP contribution in [0.25, 0.3) is 0 Å². The van der Waals surface area contributed by atoms with Gasteiger partial charge in [-0.2, -0.15) is 12.6 Å². The molecule has 0 spiro atoms. The van der Waals surface area contributed by atoms with E-state index >= 15 is 0 Å². The predicted octanol–water partition coefficient (Wildman–Crippen LogP) is 3.63. The Balaban J connectivity index is 3.12. The number of thiol groups is 1. The van der Waals surface area contributed by atoms with Gasteiger partial charge in [-0.25, -0.2) is 4.79 Å². The Bertz CT molecular complexity index is 430. The molecule has 10 heteroatoms. The van der Waals surface area contributed by atoms with Gasteiger partial charge in [-0.3, -0.25) is 0 Å². The fourth-order valence-electron chi connectivity index (χ4n) is 3.08. The first-order valence-electron chi connectivity index (χ1n) is 13.1. The fourth-order valence-corrected chi connectivity index (χ4v) is 3.30. The molecule has 0 saturated heterocycles. The van der Waals surface area contributed by atoms with Gasteiger partial charge in [-0.15, -0.1) is 0 Å². The predicted molar refractivity (Wildman–Crippen MR) is 139 cm³/mol. The number of aliphatic carboxylic acids is 1. The topological polar surface area (TPSA) is 102 Å². The Labute approximate surface area is 217 Å². The second kappa shape index (κ2) is 29.8. The van der Waals surface area contributed by atoms with E-state index in [1.54, 1.807) is 0 Å². The number of hydrogen-bond acceptors (Lipinski definition) is 9. The summed E-state index contributed by atoms with van der Waals surface area (Å²) in [5.74, 6) is 0.0237. The van der Waals surface area contributed by atoms with Gasteiger partial charge in [0, 0.05) is 0 Å². The summed E-state index contributed by atoms with van der Waals surface area (Å²) in [5.41, 5.74) is 0. The zero-order valence-corrected chi connectivity index (χ0v) is 22.7. The minimum absolute atomic E-state index is 0.255. The maximum atomic E-state index is 10.2. The second-order valence-corrected chi connectivity index (χ2v) is 8.62. The maximum absolute atomic E-state index is 10.2. The molecular weight excluding hydrogens is 476 g/mol. The average molecular weight is 527 g/mol. The molecule has 1 atom stereocenters. The van der Waals surface area contributed by atoms with E-state index in [0.717, 1.165) is 12.2 Å². The zero-order chi connectivity index (χ0) is 25.7. The minimum atomic E-state index is -0.986. The zero-order valence-electron chi connectivity index (χ0n) is 21.8. The first kappa shape index (κ1) is 34.5. The molecule has 0 fully saturated rings. The van der Waals surface area contributed by atoms with E-state index in [1.165, 1.54) is 44.9 Å². The van der Waals surface area contributed by atoms with Crippen molar-refractivity contribution in [2.45, 2.75) is 64.4 Å². The molecular formula is C25H50O9S. The summed E-state index contributed by atoms with van der Waals surface area (Å²) < 4.78 is 37.7. The molecule has 35 heavy (non-hydrogen) atoms. The maximum Gasteiger partial charge on any atom is 0.329 e. The molecule has 0 aliphatic rings. The van der Waals surface area contributed by atoms with Crippen LogP contribution in [-0.2, 0) is 38.0 Å². The van der Waals surface area contributed by atoms with Crippen LogP contribution in [0.2, 0.25) is 0 Å². The van der Waals surface area contributed by atoms with Crippen LogP contribution in [0, 0.1) is 0 Å². The Morgan fingerprint density at radius 2 is 0.971 bits per heavy atom. The summed E-state index contributed by atoms with van der Waals surface area (Å²) in [6, 6.07) is 0. The number of hydrogen-bond donors (Lipinski definition) is 2. The van der Waals surface area contributed by atoms with Gasteiger partial charge in [0.05, 0.1) is 85.4 Å². The number of rotatable bonds is 30. The number of unbranched alkanes of at least 4 members (excludes halogenated alkanes) is 6. The van der Waals surface area contributed by atoms with Crippen LogP contribution in [0.15, 0.2) is 0 Å². The van der Waals surface area contributed by atoms with Gasteiger partial charge in [0.1, 0.15) is 6.61 Å². The lowest BCUT2D eigenvalue weighted by Gasteiger charge is -2.13. The van der Waals surface area contributed by atoms with Crippen LogP contribution < -0.4 is 0 Å². The standard InChI is InChI=1S/C25H50O9S/c1-24(9-7-5-3-2-4-6-8-22-35)34-21-20-32-17-16-30-13-12-28-10-11-29-14-15-31-18-19-33-23-25(26)27/h24,35H,2-23H2,1H3,(H,26,27). The molecule has 0 heterocycles. The molecule has 0 saturated carbocycles. The van der Waals surface area contributed by atoms with Crippen molar-refractivity contribution in [3.8, 4) is 0 Å². The third-order valence-electron chi connectivity index (χ3n) is 4.98. The second-order valence-electron chi connectivity index (χ2n) is 8.18. The number of ether oxygens (including phenoxy) is 7. The van der Waals surface area contributed by atoms with Crippen molar-refractivity contribution in [3.63, 3.8) is 0 Å². The monoisotopic (exact) mass is 526 g/mol. The third kappa shape index (κ3) is 31.5. The van der Waals surface area contributed by atoms with Crippen molar-refractivity contribution in [1.29, 1.82) is 0 Å². The number of carbonyl (C=O) groups is 1. The highest BCUT2D eigenvalue weighted by molar-refractivity contribution is 7.80. The van der Waals surface area contributed by atoms with Crippen LogP contribution in [0.1, 0.15) is 58.3 Å². The van der Waals surface area contributed by atoms with Crippen molar-refractivity contribution in [3.05, 3.63) is 0 Å². The first-order chi connectivity index (χ1) is 17.2. The molecule has 0 aromatic heterocycles. The van der Waals surface area contributed by atoms with Gasteiger partial charge in [-0.05, 0) is 25.5 Å². The normalized spacial score (nSPS) is 12.3. The van der Waals surface area contributed by atoms with Crippen molar-refractivity contribution in [1.82, 2.24) is 0 Å². The molecule has 0 bridgehead atoms. The Morgan fingerprint density at radius 3 is 1.40 bits per heavy atom. The van der Waals surface area contributed by atoms with Gasteiger partial charge < -0.3 is 38.3 Å². The summed E-state index contributed by atoms with van der Waals surface area (Å²) in [7, 11) is 0. The Hall–Kier alpha value is -0.460. The van der Waals surface area contributed by atoms with Gasteiger partial charge in [0.15, 0.2) is 0 Å². The van der Waals surface area contributed by atoms with Crippen molar-refractivity contribution in [2.24, 2.45) is 0 Å². The van der Waals surface area contributed by atoms with Gasteiger partial charge >= 0.3 is 5.97 Å². The SMILES string of the molecule is CC(CCCCCCCCCS)OCCOCCOCCOCCOCCOCCOCC(=O)O. The Kier molecular flexibility index (Phi) is 29.4. The van der Waals surface area contributed by atoms with Crippen LogP contribution >= 0.6 is 12.6 Å². The molecule has 1 unspecified atom stereocenters. The van der Waals surface area contributed by atoms with Gasteiger partial charge in [0.25, 0.3) is 0 Å². The summed E-state index contributed by atoms with van der Waals surface area (Å²) in [6.07, 6.45) is 10.5. The van der Waals surface area contributed by atoms with Crippen LogP contribution in [-0.4, -0.2) is 109 Å². The van der Waals surface area contributed by atoms with E-state index in [1.807, 2.05) is 0 Å². The van der Waals surface area contributed by atoms with Crippen molar-refractivity contribution < 1.29 is 43.1 Å². The lowest BCUT2D eigenvalue weighted by Crippen LogP contribution is -2.16. The first-order valence-corrected chi connectivity index (χ1v) is 13.7.